The van der Waals surface area contributed by atoms with Crippen molar-refractivity contribution in [1.82, 2.24) is 4.98 Å². The summed E-state index contributed by atoms with van der Waals surface area (Å²) in [5, 5.41) is 16.9. The Balaban J connectivity index is 1.47. The molecule has 0 bridgehead atoms. The molecule has 8 nitrogen and oxygen atoms in total. The Bertz CT molecular complexity index is 1180. The lowest BCUT2D eigenvalue weighted by Gasteiger charge is -2.09. The number of carbonyl (C=O) groups excluding carboxylic acids is 2. The monoisotopic (exact) mass is 462 g/mol. The summed E-state index contributed by atoms with van der Waals surface area (Å²) in [6, 6.07) is 16.0. The van der Waals surface area contributed by atoms with Crippen molar-refractivity contribution in [3.63, 3.8) is 0 Å². The summed E-state index contributed by atoms with van der Waals surface area (Å²) in [6.45, 7) is 3.96. The number of rotatable bonds is 9. The van der Waals surface area contributed by atoms with Gasteiger partial charge < -0.3 is 14.8 Å². The summed E-state index contributed by atoms with van der Waals surface area (Å²) in [6.07, 6.45) is 1.51. The Morgan fingerprint density at radius 2 is 1.64 bits per heavy atom. The predicted octanol–water partition coefficient (Wildman–Crippen LogP) is 4.41. The van der Waals surface area contributed by atoms with Gasteiger partial charge in [0, 0.05) is 18.0 Å². The number of hydrogen-bond acceptors (Lipinski definition) is 7. The van der Waals surface area contributed by atoms with Gasteiger partial charge in [0.15, 0.2) is 5.13 Å². The van der Waals surface area contributed by atoms with E-state index in [4.69, 9.17) is 9.47 Å². The number of hydrogen-bond donors (Lipinski definition) is 2. The molecular formula is C24H22N4O4S. The summed E-state index contributed by atoms with van der Waals surface area (Å²) < 4.78 is 11.3. The number of benzene rings is 2. The van der Waals surface area contributed by atoms with Gasteiger partial charge in [-0.15, -0.1) is 11.3 Å². The first-order valence-corrected chi connectivity index (χ1v) is 10.9. The summed E-state index contributed by atoms with van der Waals surface area (Å²) in [4.78, 5) is 27.5. The maximum atomic E-state index is 12.3. The lowest BCUT2D eigenvalue weighted by Crippen LogP contribution is -2.13. The van der Waals surface area contributed by atoms with Gasteiger partial charge in [0.2, 0.25) is 5.91 Å². The summed E-state index contributed by atoms with van der Waals surface area (Å²) in [5.41, 5.74) is 2.18. The first-order valence-electron chi connectivity index (χ1n) is 10.0. The third kappa shape index (κ3) is 7.48. The van der Waals surface area contributed by atoms with Gasteiger partial charge in [-0.3, -0.25) is 14.9 Å². The number of carbonyl (C=O) groups is 2. The van der Waals surface area contributed by atoms with E-state index in [0.717, 1.165) is 5.69 Å². The van der Waals surface area contributed by atoms with E-state index in [9.17, 15) is 14.9 Å². The minimum atomic E-state index is -0.505. The van der Waals surface area contributed by atoms with E-state index in [-0.39, 0.29) is 11.5 Å². The van der Waals surface area contributed by atoms with Crippen molar-refractivity contribution in [3.8, 4) is 17.6 Å². The van der Waals surface area contributed by atoms with Crippen LogP contribution in [0.3, 0.4) is 0 Å². The van der Waals surface area contributed by atoms with Crippen LogP contribution in [0.1, 0.15) is 18.2 Å². The summed E-state index contributed by atoms with van der Waals surface area (Å²) in [5.74, 6) is 0.673. The number of anilines is 2. The minimum absolute atomic E-state index is 0.0190. The third-order valence-corrected chi connectivity index (χ3v) is 5.07. The van der Waals surface area contributed by atoms with Crippen LogP contribution in [-0.4, -0.2) is 30.0 Å². The van der Waals surface area contributed by atoms with Gasteiger partial charge >= 0.3 is 0 Å². The van der Waals surface area contributed by atoms with Crippen molar-refractivity contribution in [2.75, 3.05) is 23.8 Å². The maximum Gasteiger partial charge on any atom is 0.268 e. The van der Waals surface area contributed by atoms with Gasteiger partial charge in [-0.25, -0.2) is 4.98 Å². The Morgan fingerprint density at radius 1 is 1.03 bits per heavy atom. The summed E-state index contributed by atoms with van der Waals surface area (Å²) >= 11 is 1.30. The molecule has 2 N–H and O–H groups in total. The van der Waals surface area contributed by atoms with Crippen LogP contribution in [0.2, 0.25) is 0 Å². The highest BCUT2D eigenvalue weighted by Crippen LogP contribution is 2.18. The molecule has 0 unspecified atom stereocenters. The van der Waals surface area contributed by atoms with Gasteiger partial charge in [-0.1, -0.05) is 12.1 Å². The number of aryl methyl sites for hydroxylation is 1. The van der Waals surface area contributed by atoms with E-state index in [2.05, 4.69) is 15.6 Å². The molecule has 9 heteroatoms. The molecule has 2 amide bonds. The van der Waals surface area contributed by atoms with Crippen LogP contribution in [0.5, 0.6) is 11.5 Å². The lowest BCUT2D eigenvalue weighted by molar-refractivity contribution is -0.114. The highest BCUT2D eigenvalue weighted by Gasteiger charge is 2.11. The van der Waals surface area contributed by atoms with Crippen molar-refractivity contribution in [3.05, 3.63) is 70.7 Å². The predicted molar refractivity (Wildman–Crippen MR) is 127 cm³/mol. The number of nitriles is 1. The molecule has 0 radical (unpaired) electrons. The quantitative estimate of drug-likeness (QED) is 0.277. The molecular weight excluding hydrogens is 440 g/mol. The average molecular weight is 463 g/mol. The molecule has 1 heterocycles. The van der Waals surface area contributed by atoms with Crippen molar-refractivity contribution in [2.24, 2.45) is 0 Å². The fourth-order valence-electron chi connectivity index (χ4n) is 2.71. The Labute approximate surface area is 195 Å². The van der Waals surface area contributed by atoms with Crippen LogP contribution in [0.25, 0.3) is 6.08 Å². The van der Waals surface area contributed by atoms with E-state index in [1.54, 1.807) is 48.5 Å². The van der Waals surface area contributed by atoms with E-state index in [0.29, 0.717) is 41.1 Å². The maximum absolute atomic E-state index is 12.3. The summed E-state index contributed by atoms with van der Waals surface area (Å²) in [7, 11) is 0. The zero-order valence-electron chi connectivity index (χ0n) is 18.1. The zero-order valence-corrected chi connectivity index (χ0v) is 18.9. The number of aromatic nitrogens is 1. The number of nitrogens with zero attached hydrogens (tertiary/aromatic N) is 2. The topological polar surface area (TPSA) is 113 Å². The van der Waals surface area contributed by atoms with Crippen LogP contribution in [0, 0.1) is 18.3 Å². The van der Waals surface area contributed by atoms with Crippen molar-refractivity contribution < 1.29 is 19.1 Å². The average Bonchev–Trinajstić information content (AvgIpc) is 3.21. The van der Waals surface area contributed by atoms with Crippen molar-refractivity contribution >= 4 is 40.0 Å². The van der Waals surface area contributed by atoms with Gasteiger partial charge in [-0.05, 0) is 55.0 Å². The standard InChI is InChI=1S/C24H22N4O4S/c1-16-15-33-24(26-16)28-23(30)19(14-25)13-18-3-7-21(8-4-18)31-11-12-32-22-9-5-20(6-10-22)27-17(2)29/h3-10,13,15H,11-12H2,1-2H3,(H,27,29)(H,26,28,30)/b19-13-. The van der Waals surface area contributed by atoms with Gasteiger partial charge in [-0.2, -0.15) is 5.26 Å². The molecule has 2 aromatic carbocycles. The van der Waals surface area contributed by atoms with Crippen LogP contribution < -0.4 is 20.1 Å². The molecule has 3 rings (SSSR count). The van der Waals surface area contributed by atoms with Crippen LogP contribution >= 0.6 is 11.3 Å². The van der Waals surface area contributed by atoms with Crippen LogP contribution in [0.4, 0.5) is 10.8 Å². The normalized spacial score (nSPS) is 10.8. The van der Waals surface area contributed by atoms with E-state index >= 15 is 0 Å². The molecule has 0 saturated heterocycles. The molecule has 3 aromatic rings. The lowest BCUT2D eigenvalue weighted by atomic mass is 10.1. The molecule has 0 fully saturated rings. The highest BCUT2D eigenvalue weighted by atomic mass is 32.1. The van der Waals surface area contributed by atoms with Gasteiger partial charge in [0.05, 0.1) is 5.69 Å². The number of amides is 2. The minimum Gasteiger partial charge on any atom is -0.490 e. The Kier molecular flexibility index (Phi) is 8.16. The molecule has 33 heavy (non-hydrogen) atoms. The largest absolute Gasteiger partial charge is 0.490 e. The molecule has 1 aromatic heterocycles. The first kappa shape index (κ1) is 23.5. The third-order valence-electron chi connectivity index (χ3n) is 4.19. The van der Waals surface area contributed by atoms with Gasteiger partial charge in [0.1, 0.15) is 36.4 Å². The highest BCUT2D eigenvalue weighted by molar-refractivity contribution is 7.13. The molecule has 0 aliphatic rings. The van der Waals surface area contributed by atoms with Crippen LogP contribution in [0.15, 0.2) is 59.5 Å². The second-order valence-electron chi connectivity index (χ2n) is 6.89. The second kappa shape index (κ2) is 11.5. The molecule has 0 saturated carbocycles. The van der Waals surface area contributed by atoms with Crippen molar-refractivity contribution in [2.45, 2.75) is 13.8 Å². The SMILES string of the molecule is CC(=O)Nc1ccc(OCCOc2ccc(/C=C(/C#N)C(=O)Nc3nc(C)cs3)cc2)cc1. The number of ether oxygens (including phenoxy) is 2. The van der Waals surface area contributed by atoms with Crippen molar-refractivity contribution in [1.29, 1.82) is 5.26 Å². The van der Waals surface area contributed by atoms with E-state index in [1.807, 2.05) is 18.4 Å². The van der Waals surface area contributed by atoms with E-state index < -0.39 is 5.91 Å². The van der Waals surface area contributed by atoms with E-state index in [1.165, 1.54) is 24.3 Å². The van der Waals surface area contributed by atoms with Crippen LogP contribution in [-0.2, 0) is 9.59 Å². The molecule has 0 aliphatic carbocycles. The molecule has 0 aliphatic heterocycles. The molecule has 0 spiro atoms. The zero-order chi connectivity index (χ0) is 23.6. The Morgan fingerprint density at radius 3 is 2.15 bits per heavy atom. The smallest absolute Gasteiger partial charge is 0.268 e. The number of nitrogens with one attached hydrogen (secondary N) is 2. The fraction of sp³-hybridized carbons (Fsp3) is 0.167. The van der Waals surface area contributed by atoms with Gasteiger partial charge in [0.25, 0.3) is 5.91 Å². The fourth-order valence-corrected chi connectivity index (χ4v) is 3.39. The molecule has 0 atom stereocenters. The number of thiazole rings is 1. The first-order chi connectivity index (χ1) is 15.9. The molecule has 168 valence electrons. The Hall–Kier alpha value is -4.16. The second-order valence-corrected chi connectivity index (χ2v) is 7.75.